The first kappa shape index (κ1) is 15.4. The Hall–Kier alpha value is 0.400. The van der Waals surface area contributed by atoms with E-state index in [1.54, 1.807) is 0 Å². The van der Waals surface area contributed by atoms with Crippen molar-refractivity contribution in [3.8, 4) is 0 Å². The van der Waals surface area contributed by atoms with Crippen LogP contribution in [0, 0.1) is 0 Å². The van der Waals surface area contributed by atoms with Crippen LogP contribution in [0.2, 0.25) is 0 Å². The van der Waals surface area contributed by atoms with Gasteiger partial charge in [0.05, 0.1) is 0 Å². The van der Waals surface area contributed by atoms with E-state index in [-0.39, 0.29) is 0 Å². The fraction of sp³-hybridized carbons (Fsp3) is 1.00. The van der Waals surface area contributed by atoms with E-state index in [0.29, 0.717) is 0 Å². The highest BCUT2D eigenvalue weighted by Crippen LogP contribution is 2.00. The third-order valence-corrected chi connectivity index (χ3v) is 3.30. The average Bonchev–Trinajstić information content (AvgIpc) is 2.27. The normalized spacial score (nSPS) is 11.2. The van der Waals surface area contributed by atoms with Crippen LogP contribution >= 0.6 is 15.9 Å². The highest BCUT2D eigenvalue weighted by atomic mass is 79.9. The number of likely N-dealkylation sites (N-methyl/N-ethyl adjacent to an activating group) is 1. The lowest BCUT2D eigenvalue weighted by molar-refractivity contribution is 0.302. The van der Waals surface area contributed by atoms with Crippen molar-refractivity contribution in [1.82, 2.24) is 10.2 Å². The molecule has 0 rings (SSSR count). The van der Waals surface area contributed by atoms with Gasteiger partial charge in [-0.2, -0.15) is 0 Å². The zero-order chi connectivity index (χ0) is 11.4. The molecule has 1 N–H and O–H groups in total. The van der Waals surface area contributed by atoms with Gasteiger partial charge in [0, 0.05) is 18.4 Å². The van der Waals surface area contributed by atoms with Crippen molar-refractivity contribution in [3.63, 3.8) is 0 Å². The van der Waals surface area contributed by atoms with Gasteiger partial charge in [-0.1, -0.05) is 42.6 Å². The lowest BCUT2D eigenvalue weighted by atomic mass is 10.2. The molecule has 0 unspecified atom stereocenters. The maximum Gasteiger partial charge on any atom is 0.0107 e. The second-order valence-electron chi connectivity index (χ2n) is 3.88. The number of nitrogens with one attached hydrogen (secondary N) is 1. The Balaban J connectivity index is 3.04. The van der Waals surface area contributed by atoms with Crippen molar-refractivity contribution in [2.75, 3.05) is 38.1 Å². The van der Waals surface area contributed by atoms with Crippen molar-refractivity contribution in [3.05, 3.63) is 0 Å². The minimum Gasteiger partial charge on any atom is -0.315 e. The van der Waals surface area contributed by atoms with E-state index in [9.17, 15) is 0 Å². The van der Waals surface area contributed by atoms with Gasteiger partial charge in [0.1, 0.15) is 0 Å². The number of alkyl halides is 1. The summed E-state index contributed by atoms with van der Waals surface area (Å²) >= 11 is 3.45. The van der Waals surface area contributed by atoms with Crippen LogP contribution in [-0.2, 0) is 0 Å². The number of nitrogens with zero attached hydrogens (tertiary/aromatic N) is 1. The second kappa shape index (κ2) is 12.5. The fourth-order valence-corrected chi connectivity index (χ4v) is 2.00. The Morgan fingerprint density at radius 1 is 0.933 bits per heavy atom. The summed E-state index contributed by atoms with van der Waals surface area (Å²) in [5.41, 5.74) is 0. The van der Waals surface area contributed by atoms with Gasteiger partial charge in [0.25, 0.3) is 0 Å². The Morgan fingerprint density at radius 2 is 1.60 bits per heavy atom. The first-order valence-electron chi connectivity index (χ1n) is 6.34. The maximum atomic E-state index is 3.51. The van der Waals surface area contributed by atoms with E-state index >= 15 is 0 Å². The van der Waals surface area contributed by atoms with Crippen LogP contribution in [0.1, 0.15) is 39.5 Å². The van der Waals surface area contributed by atoms with Crippen LogP contribution in [0.15, 0.2) is 0 Å². The average molecular weight is 279 g/mol. The zero-order valence-corrected chi connectivity index (χ0v) is 12.0. The fourth-order valence-electron chi connectivity index (χ4n) is 1.60. The molecule has 0 saturated heterocycles. The summed E-state index contributed by atoms with van der Waals surface area (Å²) in [6.07, 6.45) is 5.37. The molecule has 0 aliphatic carbocycles. The molecule has 0 aliphatic heterocycles. The molecule has 0 amide bonds. The standard InChI is InChI=1S/C12H27BrN2/c1-3-15(4-2)12-11-14-10-8-6-5-7-9-13/h14H,3-12H2,1-2H3. The predicted molar refractivity (Wildman–Crippen MR) is 72.9 cm³/mol. The lowest BCUT2D eigenvalue weighted by Gasteiger charge is -2.17. The minimum atomic E-state index is 1.14. The molecule has 0 bridgehead atoms. The van der Waals surface area contributed by atoms with Gasteiger partial charge in [-0.3, -0.25) is 0 Å². The Morgan fingerprint density at radius 3 is 2.20 bits per heavy atom. The molecule has 0 aliphatic rings. The summed E-state index contributed by atoms with van der Waals surface area (Å²) in [7, 11) is 0. The zero-order valence-electron chi connectivity index (χ0n) is 10.4. The van der Waals surface area contributed by atoms with Crippen LogP contribution in [0.25, 0.3) is 0 Å². The van der Waals surface area contributed by atoms with Crippen molar-refractivity contribution < 1.29 is 0 Å². The van der Waals surface area contributed by atoms with Gasteiger partial charge >= 0.3 is 0 Å². The molecule has 0 aromatic rings. The number of unbranched alkanes of at least 4 members (excludes halogenated alkanes) is 3. The van der Waals surface area contributed by atoms with Crippen LogP contribution in [0.3, 0.4) is 0 Å². The number of rotatable bonds is 11. The van der Waals surface area contributed by atoms with Crippen LogP contribution in [0.5, 0.6) is 0 Å². The molecule has 0 aromatic heterocycles. The molecule has 0 fully saturated rings. The van der Waals surface area contributed by atoms with E-state index < -0.39 is 0 Å². The Labute approximate surface area is 104 Å². The largest absolute Gasteiger partial charge is 0.315 e. The highest BCUT2D eigenvalue weighted by Gasteiger charge is 1.96. The first-order valence-corrected chi connectivity index (χ1v) is 7.46. The number of hydrogen-bond donors (Lipinski definition) is 1. The van der Waals surface area contributed by atoms with Crippen LogP contribution in [0.4, 0.5) is 0 Å². The van der Waals surface area contributed by atoms with Gasteiger partial charge in [-0.05, 0) is 32.5 Å². The van der Waals surface area contributed by atoms with Crippen molar-refractivity contribution in [2.45, 2.75) is 39.5 Å². The Kier molecular flexibility index (Phi) is 12.8. The topological polar surface area (TPSA) is 15.3 Å². The van der Waals surface area contributed by atoms with Gasteiger partial charge in [-0.25, -0.2) is 0 Å². The third-order valence-electron chi connectivity index (χ3n) is 2.74. The minimum absolute atomic E-state index is 1.14. The maximum absolute atomic E-state index is 3.51. The van der Waals surface area contributed by atoms with Gasteiger partial charge in [0.2, 0.25) is 0 Å². The summed E-state index contributed by atoms with van der Waals surface area (Å²) in [4.78, 5) is 2.46. The van der Waals surface area contributed by atoms with Gasteiger partial charge < -0.3 is 10.2 Å². The number of halogens is 1. The molecule has 2 nitrogen and oxygen atoms in total. The second-order valence-corrected chi connectivity index (χ2v) is 4.67. The molecule has 0 saturated carbocycles. The molecule has 0 heterocycles. The van der Waals surface area contributed by atoms with E-state index in [0.717, 1.165) is 11.9 Å². The summed E-state index contributed by atoms with van der Waals surface area (Å²) in [6, 6.07) is 0. The van der Waals surface area contributed by atoms with Crippen molar-refractivity contribution in [1.29, 1.82) is 0 Å². The smallest absolute Gasteiger partial charge is 0.0107 e. The van der Waals surface area contributed by atoms with Crippen molar-refractivity contribution in [2.24, 2.45) is 0 Å². The molecule has 3 heteroatoms. The quantitative estimate of drug-likeness (QED) is 0.462. The highest BCUT2D eigenvalue weighted by molar-refractivity contribution is 9.09. The molecule has 0 atom stereocenters. The monoisotopic (exact) mass is 278 g/mol. The summed E-state index contributed by atoms with van der Waals surface area (Å²) in [5.74, 6) is 0. The molecule has 92 valence electrons. The van der Waals surface area contributed by atoms with Gasteiger partial charge in [-0.15, -0.1) is 0 Å². The molecule has 15 heavy (non-hydrogen) atoms. The molecule has 0 aromatic carbocycles. The first-order chi connectivity index (χ1) is 7.35. The molecular formula is C12H27BrN2. The summed E-state index contributed by atoms with van der Waals surface area (Å²) in [5, 5.41) is 4.66. The van der Waals surface area contributed by atoms with Gasteiger partial charge in [0.15, 0.2) is 0 Å². The number of hydrogen-bond acceptors (Lipinski definition) is 2. The van der Waals surface area contributed by atoms with E-state index in [4.69, 9.17) is 0 Å². The molecule has 0 radical (unpaired) electrons. The predicted octanol–water partition coefficient (Wildman–Crippen LogP) is 2.87. The van der Waals surface area contributed by atoms with Crippen LogP contribution < -0.4 is 5.32 Å². The van der Waals surface area contributed by atoms with Crippen molar-refractivity contribution >= 4 is 15.9 Å². The van der Waals surface area contributed by atoms with E-state index in [1.165, 1.54) is 51.9 Å². The summed E-state index contributed by atoms with van der Waals surface area (Å²) < 4.78 is 0. The third kappa shape index (κ3) is 10.7. The molecule has 0 spiro atoms. The lowest BCUT2D eigenvalue weighted by Crippen LogP contribution is -2.32. The SMILES string of the molecule is CCN(CC)CCNCCCCCCBr. The summed E-state index contributed by atoms with van der Waals surface area (Å²) in [6.45, 7) is 10.3. The van der Waals surface area contributed by atoms with E-state index in [1.807, 2.05) is 0 Å². The van der Waals surface area contributed by atoms with Crippen LogP contribution in [-0.4, -0.2) is 43.0 Å². The molecular weight excluding hydrogens is 252 g/mol. The Bertz CT molecular complexity index is 116. The van der Waals surface area contributed by atoms with E-state index in [2.05, 4.69) is 40.0 Å².